The summed E-state index contributed by atoms with van der Waals surface area (Å²) in [5.74, 6) is -0.831. The molecule has 0 spiro atoms. The summed E-state index contributed by atoms with van der Waals surface area (Å²) in [4.78, 5) is 31.7. The van der Waals surface area contributed by atoms with E-state index in [1.165, 1.54) is 7.11 Å². The highest BCUT2D eigenvalue weighted by molar-refractivity contribution is 6.30. The molecular formula is C27H30ClN3O4. The Bertz CT molecular complexity index is 1260. The van der Waals surface area contributed by atoms with E-state index in [4.69, 9.17) is 21.3 Å². The van der Waals surface area contributed by atoms with Crippen LogP contribution >= 0.6 is 11.6 Å². The fourth-order valence-electron chi connectivity index (χ4n) is 5.76. The van der Waals surface area contributed by atoms with Gasteiger partial charge in [-0.05, 0) is 62.4 Å². The maximum Gasteiger partial charge on any atom is 0.414 e. The third-order valence-corrected chi connectivity index (χ3v) is 7.80. The van der Waals surface area contributed by atoms with Crippen molar-refractivity contribution < 1.29 is 19.4 Å². The van der Waals surface area contributed by atoms with Crippen LogP contribution in [0, 0.1) is 0 Å². The van der Waals surface area contributed by atoms with Gasteiger partial charge in [0, 0.05) is 29.1 Å². The van der Waals surface area contributed by atoms with Gasteiger partial charge in [0.05, 0.1) is 29.7 Å². The Balaban J connectivity index is 1.64. The van der Waals surface area contributed by atoms with E-state index in [0.717, 1.165) is 66.6 Å². The van der Waals surface area contributed by atoms with Gasteiger partial charge in [0.15, 0.2) is 0 Å². The van der Waals surface area contributed by atoms with Gasteiger partial charge in [0.25, 0.3) is 0 Å². The molecule has 2 heterocycles. The molecule has 0 saturated heterocycles. The van der Waals surface area contributed by atoms with Crippen molar-refractivity contribution in [3.05, 3.63) is 58.4 Å². The molecule has 2 aliphatic rings. The zero-order chi connectivity index (χ0) is 24.7. The molecule has 1 aromatic heterocycles. The Morgan fingerprint density at radius 1 is 1.14 bits per heavy atom. The first-order valence-electron chi connectivity index (χ1n) is 12.3. The minimum atomic E-state index is -0.884. The first-order valence-corrected chi connectivity index (χ1v) is 12.6. The third kappa shape index (κ3) is 4.27. The van der Waals surface area contributed by atoms with Crippen LogP contribution in [0.2, 0.25) is 5.02 Å². The highest BCUT2D eigenvalue weighted by Crippen LogP contribution is 2.40. The molecule has 1 aliphatic carbocycles. The predicted octanol–water partition coefficient (Wildman–Crippen LogP) is 6.12. The number of aromatic nitrogens is 2. The summed E-state index contributed by atoms with van der Waals surface area (Å²) in [6.07, 6.45) is 5.95. The maximum absolute atomic E-state index is 12.6. The molecule has 0 bridgehead atoms. The Hall–Kier alpha value is -3.06. The number of carbonyl (C=O) groups is 2. The Morgan fingerprint density at radius 2 is 1.86 bits per heavy atom. The Kier molecular flexibility index (Phi) is 6.45. The molecule has 0 radical (unpaired) electrons. The lowest BCUT2D eigenvalue weighted by Gasteiger charge is -2.34. The fourth-order valence-corrected chi connectivity index (χ4v) is 5.89. The number of methoxy groups -OCH3 is 1. The molecule has 1 N–H and O–H groups in total. The third-order valence-electron chi connectivity index (χ3n) is 7.55. The number of halogens is 1. The van der Waals surface area contributed by atoms with Gasteiger partial charge >= 0.3 is 12.1 Å². The minimum Gasteiger partial charge on any atom is -0.481 e. The van der Waals surface area contributed by atoms with E-state index in [1.807, 2.05) is 19.1 Å². The number of carbonyl (C=O) groups excluding carboxylic acids is 1. The minimum absolute atomic E-state index is 0.0325. The second kappa shape index (κ2) is 9.53. The molecule has 184 valence electrons. The second-order valence-electron chi connectivity index (χ2n) is 9.64. The number of aliphatic carboxylic acids is 1. The summed E-state index contributed by atoms with van der Waals surface area (Å²) in [6.45, 7) is 2.02. The number of aryl methyl sites for hydroxylation is 1. The van der Waals surface area contributed by atoms with E-state index in [0.29, 0.717) is 16.6 Å². The van der Waals surface area contributed by atoms with Crippen LogP contribution in [0.25, 0.3) is 11.0 Å². The van der Waals surface area contributed by atoms with Crippen LogP contribution in [-0.2, 0) is 22.4 Å². The van der Waals surface area contributed by atoms with Crippen molar-refractivity contribution in [3.63, 3.8) is 0 Å². The van der Waals surface area contributed by atoms with Gasteiger partial charge in [0.1, 0.15) is 5.82 Å². The summed E-state index contributed by atoms with van der Waals surface area (Å²) in [5.41, 5.74) is 4.45. The molecule has 1 amide bonds. The first-order chi connectivity index (χ1) is 16.9. The second-order valence-corrected chi connectivity index (χ2v) is 10.1. The number of nitrogens with zero attached hydrogens (tertiary/aromatic N) is 3. The van der Waals surface area contributed by atoms with Crippen molar-refractivity contribution in [3.8, 4) is 0 Å². The van der Waals surface area contributed by atoms with E-state index in [1.54, 1.807) is 29.2 Å². The number of ether oxygens (including phenoxy) is 1. The van der Waals surface area contributed by atoms with Gasteiger partial charge in [-0.2, -0.15) is 0 Å². The van der Waals surface area contributed by atoms with Crippen LogP contribution in [0.1, 0.15) is 67.9 Å². The molecule has 8 heteroatoms. The summed E-state index contributed by atoms with van der Waals surface area (Å²) in [5, 5.41) is 10.7. The molecular weight excluding hydrogens is 466 g/mol. The van der Waals surface area contributed by atoms with Gasteiger partial charge in [-0.3, -0.25) is 9.69 Å². The van der Waals surface area contributed by atoms with Crippen molar-refractivity contribution in [1.82, 2.24) is 9.55 Å². The van der Waals surface area contributed by atoms with Crippen molar-refractivity contribution in [2.75, 3.05) is 12.0 Å². The molecule has 7 nitrogen and oxygen atoms in total. The normalized spacial score (nSPS) is 19.1. The lowest BCUT2D eigenvalue weighted by molar-refractivity contribution is -0.138. The average Bonchev–Trinajstić information content (AvgIpc) is 3.49. The molecule has 3 aromatic rings. The Labute approximate surface area is 209 Å². The van der Waals surface area contributed by atoms with Gasteiger partial charge in [-0.15, -0.1) is 0 Å². The number of carboxylic acids is 1. The fraction of sp³-hybridized carbons (Fsp3) is 0.444. The van der Waals surface area contributed by atoms with Crippen molar-refractivity contribution in [2.24, 2.45) is 0 Å². The van der Waals surface area contributed by atoms with Crippen LogP contribution in [-0.4, -0.2) is 39.9 Å². The number of benzene rings is 2. The largest absolute Gasteiger partial charge is 0.481 e. The number of imidazole rings is 1. The van der Waals surface area contributed by atoms with E-state index < -0.39 is 11.9 Å². The topological polar surface area (TPSA) is 84.7 Å². The summed E-state index contributed by atoms with van der Waals surface area (Å²) >= 11 is 6.04. The van der Waals surface area contributed by atoms with Gasteiger partial charge in [0.2, 0.25) is 0 Å². The van der Waals surface area contributed by atoms with Crippen LogP contribution < -0.4 is 4.90 Å². The van der Waals surface area contributed by atoms with Crippen molar-refractivity contribution >= 4 is 40.4 Å². The summed E-state index contributed by atoms with van der Waals surface area (Å²) in [6, 6.07) is 11.4. The molecule has 0 unspecified atom stereocenters. The van der Waals surface area contributed by atoms with Gasteiger partial charge in [-0.1, -0.05) is 36.6 Å². The van der Waals surface area contributed by atoms with Crippen molar-refractivity contribution in [1.29, 1.82) is 0 Å². The van der Waals surface area contributed by atoms with Crippen LogP contribution in [0.5, 0.6) is 0 Å². The number of anilines is 1. The molecule has 5 rings (SSSR count). The molecule has 35 heavy (non-hydrogen) atoms. The monoisotopic (exact) mass is 495 g/mol. The molecule has 2 aromatic carbocycles. The number of hydrogen-bond donors (Lipinski definition) is 1. The number of rotatable bonds is 5. The van der Waals surface area contributed by atoms with Crippen molar-refractivity contribution in [2.45, 2.75) is 69.9 Å². The molecule has 1 fully saturated rings. The SMILES string of the molecule is COC(=O)N1c2ccc3c(nc(C[C@H](C(=O)O)c4ccc(Cl)cc4)n3C3CCCC3)c2CC[C@@H]1C. The van der Waals surface area contributed by atoms with E-state index in [-0.39, 0.29) is 18.6 Å². The van der Waals surface area contributed by atoms with Crippen LogP contribution in [0.15, 0.2) is 36.4 Å². The smallest absolute Gasteiger partial charge is 0.414 e. The molecule has 1 saturated carbocycles. The number of hydrogen-bond acceptors (Lipinski definition) is 4. The lowest BCUT2D eigenvalue weighted by Crippen LogP contribution is -2.42. The first kappa shape index (κ1) is 23.7. The highest BCUT2D eigenvalue weighted by Gasteiger charge is 2.33. The van der Waals surface area contributed by atoms with E-state index >= 15 is 0 Å². The average molecular weight is 496 g/mol. The maximum atomic E-state index is 12.6. The van der Waals surface area contributed by atoms with Gasteiger partial charge in [-0.25, -0.2) is 9.78 Å². The summed E-state index contributed by atoms with van der Waals surface area (Å²) in [7, 11) is 1.40. The standard InChI is InChI=1S/C27H30ClN3O4/c1-16-7-12-20-22(30(16)27(34)35-2)13-14-23-25(20)29-24(31(23)19-5-3-4-6-19)15-21(26(32)33)17-8-10-18(28)11-9-17/h8-11,13-14,16,19,21H,3-7,12,15H2,1-2H3,(H,32,33)/t16-,21-/m0/s1. The molecule has 1 aliphatic heterocycles. The van der Waals surface area contributed by atoms with Crippen LogP contribution in [0.3, 0.4) is 0 Å². The quantitative estimate of drug-likeness (QED) is 0.460. The molecule has 2 atom stereocenters. The van der Waals surface area contributed by atoms with E-state index in [9.17, 15) is 14.7 Å². The zero-order valence-electron chi connectivity index (χ0n) is 20.0. The van der Waals surface area contributed by atoms with E-state index in [2.05, 4.69) is 4.57 Å². The lowest BCUT2D eigenvalue weighted by atomic mass is 9.95. The van der Waals surface area contributed by atoms with Crippen LogP contribution in [0.4, 0.5) is 10.5 Å². The number of fused-ring (bicyclic) bond motifs is 3. The van der Waals surface area contributed by atoms with Gasteiger partial charge < -0.3 is 14.4 Å². The summed E-state index contributed by atoms with van der Waals surface area (Å²) < 4.78 is 7.34. The Morgan fingerprint density at radius 3 is 2.51 bits per heavy atom. The number of carboxylic acid groups (broad SMARTS) is 1. The number of amides is 1. The predicted molar refractivity (Wildman–Crippen MR) is 135 cm³/mol. The highest BCUT2D eigenvalue weighted by atomic mass is 35.5. The zero-order valence-corrected chi connectivity index (χ0v) is 20.8.